The SMILES string of the molecule is NCc1cccc(C(F)c2cccnc2)c1. The van der Waals surface area contributed by atoms with Gasteiger partial charge >= 0.3 is 0 Å². The van der Waals surface area contributed by atoms with Crippen LogP contribution in [-0.4, -0.2) is 4.98 Å². The van der Waals surface area contributed by atoms with Gasteiger partial charge in [-0.3, -0.25) is 4.98 Å². The number of nitrogens with zero attached hydrogens (tertiary/aromatic N) is 1. The number of alkyl halides is 1. The minimum absolute atomic E-state index is 0.424. The van der Waals surface area contributed by atoms with Crippen LogP contribution in [0.25, 0.3) is 0 Å². The Morgan fingerprint density at radius 2 is 2.00 bits per heavy atom. The lowest BCUT2D eigenvalue weighted by Crippen LogP contribution is -1.99. The molecule has 0 saturated heterocycles. The number of aromatic nitrogens is 1. The Morgan fingerprint density at radius 1 is 1.19 bits per heavy atom. The van der Waals surface area contributed by atoms with Gasteiger partial charge in [0.2, 0.25) is 0 Å². The van der Waals surface area contributed by atoms with E-state index in [-0.39, 0.29) is 0 Å². The molecule has 0 aliphatic rings. The second-order valence-corrected chi connectivity index (χ2v) is 3.60. The van der Waals surface area contributed by atoms with E-state index in [9.17, 15) is 4.39 Å². The molecule has 0 aliphatic carbocycles. The highest BCUT2D eigenvalue weighted by atomic mass is 19.1. The number of hydrogen-bond acceptors (Lipinski definition) is 2. The van der Waals surface area contributed by atoms with E-state index in [0.717, 1.165) is 5.56 Å². The number of pyridine rings is 1. The largest absolute Gasteiger partial charge is 0.326 e. The zero-order valence-electron chi connectivity index (χ0n) is 8.81. The van der Waals surface area contributed by atoms with Crippen LogP contribution < -0.4 is 5.73 Å². The number of hydrogen-bond donors (Lipinski definition) is 1. The molecule has 1 aromatic heterocycles. The van der Waals surface area contributed by atoms with E-state index in [0.29, 0.717) is 17.7 Å². The van der Waals surface area contributed by atoms with Crippen LogP contribution >= 0.6 is 0 Å². The van der Waals surface area contributed by atoms with Crippen LogP contribution in [0.5, 0.6) is 0 Å². The molecule has 1 aromatic carbocycles. The molecule has 0 radical (unpaired) electrons. The van der Waals surface area contributed by atoms with Crippen molar-refractivity contribution in [2.45, 2.75) is 12.7 Å². The number of rotatable bonds is 3. The highest BCUT2D eigenvalue weighted by Crippen LogP contribution is 2.25. The van der Waals surface area contributed by atoms with Crippen molar-refractivity contribution in [3.05, 3.63) is 65.5 Å². The molecule has 0 spiro atoms. The zero-order chi connectivity index (χ0) is 11.4. The maximum Gasteiger partial charge on any atom is 0.152 e. The second-order valence-electron chi connectivity index (χ2n) is 3.60. The first-order chi connectivity index (χ1) is 7.81. The van der Waals surface area contributed by atoms with E-state index in [2.05, 4.69) is 4.98 Å². The fraction of sp³-hybridized carbons (Fsp3) is 0.154. The van der Waals surface area contributed by atoms with Crippen LogP contribution in [0.4, 0.5) is 4.39 Å². The molecule has 2 nitrogen and oxygen atoms in total. The van der Waals surface area contributed by atoms with E-state index < -0.39 is 6.17 Å². The van der Waals surface area contributed by atoms with Crippen LogP contribution in [0.2, 0.25) is 0 Å². The summed E-state index contributed by atoms with van der Waals surface area (Å²) >= 11 is 0. The van der Waals surface area contributed by atoms with Crippen LogP contribution in [0, 0.1) is 0 Å². The molecule has 1 atom stereocenters. The van der Waals surface area contributed by atoms with Gasteiger partial charge < -0.3 is 5.73 Å². The van der Waals surface area contributed by atoms with Gasteiger partial charge in [-0.25, -0.2) is 4.39 Å². The fourth-order valence-corrected chi connectivity index (χ4v) is 1.60. The smallest absolute Gasteiger partial charge is 0.152 e. The summed E-state index contributed by atoms with van der Waals surface area (Å²) in [5.41, 5.74) is 7.64. The van der Waals surface area contributed by atoms with Crippen LogP contribution in [-0.2, 0) is 6.54 Å². The van der Waals surface area contributed by atoms with Crippen LogP contribution in [0.3, 0.4) is 0 Å². The zero-order valence-corrected chi connectivity index (χ0v) is 8.81. The monoisotopic (exact) mass is 216 g/mol. The summed E-state index contributed by atoms with van der Waals surface area (Å²) < 4.78 is 14.1. The summed E-state index contributed by atoms with van der Waals surface area (Å²) in [5, 5.41) is 0. The third-order valence-electron chi connectivity index (χ3n) is 2.46. The van der Waals surface area contributed by atoms with Gasteiger partial charge in [0.05, 0.1) is 0 Å². The first-order valence-corrected chi connectivity index (χ1v) is 5.14. The van der Waals surface area contributed by atoms with Crippen molar-refractivity contribution in [3.63, 3.8) is 0 Å². The molecule has 2 N–H and O–H groups in total. The van der Waals surface area contributed by atoms with Crippen LogP contribution in [0.15, 0.2) is 48.8 Å². The van der Waals surface area contributed by atoms with Gasteiger partial charge in [0.15, 0.2) is 6.17 Å². The van der Waals surface area contributed by atoms with E-state index >= 15 is 0 Å². The Bertz CT molecular complexity index is 456. The van der Waals surface area contributed by atoms with Gasteiger partial charge in [0.25, 0.3) is 0 Å². The van der Waals surface area contributed by atoms with Gasteiger partial charge in [0.1, 0.15) is 0 Å². The fourth-order valence-electron chi connectivity index (χ4n) is 1.60. The average molecular weight is 216 g/mol. The molecule has 2 aromatic rings. The Kier molecular flexibility index (Phi) is 3.27. The predicted molar refractivity (Wildman–Crippen MR) is 61.5 cm³/mol. The molecule has 0 bridgehead atoms. The summed E-state index contributed by atoms with van der Waals surface area (Å²) in [4.78, 5) is 3.91. The minimum atomic E-state index is -1.14. The molecule has 3 heteroatoms. The number of nitrogens with two attached hydrogens (primary N) is 1. The molecule has 0 fully saturated rings. The molecule has 0 saturated carbocycles. The lowest BCUT2D eigenvalue weighted by Gasteiger charge is -2.09. The van der Waals surface area contributed by atoms with Crippen molar-refractivity contribution < 1.29 is 4.39 Å². The third kappa shape index (κ3) is 2.25. The topological polar surface area (TPSA) is 38.9 Å². The van der Waals surface area contributed by atoms with E-state index in [1.165, 1.54) is 0 Å². The second kappa shape index (κ2) is 4.86. The average Bonchev–Trinajstić information content (AvgIpc) is 2.39. The summed E-state index contributed by atoms with van der Waals surface area (Å²) in [5.74, 6) is 0. The lowest BCUT2D eigenvalue weighted by atomic mass is 10.0. The standard InChI is InChI=1S/C13H13FN2/c14-13(12-5-2-6-16-9-12)11-4-1-3-10(7-11)8-15/h1-7,9,13H,8,15H2. The lowest BCUT2D eigenvalue weighted by molar-refractivity contribution is 0.401. The summed E-state index contributed by atoms with van der Waals surface area (Å²) in [6.07, 6.45) is 2.03. The van der Waals surface area contributed by atoms with Crippen molar-refractivity contribution in [1.29, 1.82) is 0 Å². The first kappa shape index (κ1) is 10.8. The summed E-state index contributed by atoms with van der Waals surface area (Å²) in [6.45, 7) is 0.424. The third-order valence-corrected chi connectivity index (χ3v) is 2.46. The summed E-state index contributed by atoms with van der Waals surface area (Å²) in [6, 6.07) is 10.7. The maximum atomic E-state index is 14.1. The van der Waals surface area contributed by atoms with Crippen molar-refractivity contribution in [2.24, 2.45) is 5.73 Å². The van der Waals surface area contributed by atoms with Crippen molar-refractivity contribution in [2.75, 3.05) is 0 Å². The van der Waals surface area contributed by atoms with E-state index in [1.807, 2.05) is 12.1 Å². The molecule has 82 valence electrons. The molecule has 0 amide bonds. The molecule has 2 rings (SSSR count). The van der Waals surface area contributed by atoms with Gasteiger partial charge in [-0.1, -0.05) is 30.3 Å². The number of halogens is 1. The van der Waals surface area contributed by atoms with Gasteiger partial charge in [-0.15, -0.1) is 0 Å². The van der Waals surface area contributed by atoms with Gasteiger partial charge in [-0.05, 0) is 17.2 Å². The quantitative estimate of drug-likeness (QED) is 0.856. The minimum Gasteiger partial charge on any atom is -0.326 e. The highest BCUT2D eigenvalue weighted by Gasteiger charge is 2.12. The molecular formula is C13H13FN2. The predicted octanol–water partition coefficient (Wildman–Crippen LogP) is 2.60. The Balaban J connectivity index is 2.30. The van der Waals surface area contributed by atoms with E-state index in [1.54, 1.807) is 36.7 Å². The normalized spacial score (nSPS) is 12.4. The summed E-state index contributed by atoms with van der Waals surface area (Å²) in [7, 11) is 0. The van der Waals surface area contributed by atoms with Gasteiger partial charge in [-0.2, -0.15) is 0 Å². The van der Waals surface area contributed by atoms with Gasteiger partial charge in [0, 0.05) is 24.5 Å². The molecule has 1 heterocycles. The van der Waals surface area contributed by atoms with Crippen molar-refractivity contribution in [3.8, 4) is 0 Å². The Morgan fingerprint density at radius 3 is 2.69 bits per heavy atom. The molecular weight excluding hydrogens is 203 g/mol. The van der Waals surface area contributed by atoms with Crippen LogP contribution in [0.1, 0.15) is 22.9 Å². The number of benzene rings is 1. The first-order valence-electron chi connectivity index (χ1n) is 5.14. The molecule has 0 aliphatic heterocycles. The molecule has 16 heavy (non-hydrogen) atoms. The Hall–Kier alpha value is -1.74. The maximum absolute atomic E-state index is 14.1. The van der Waals surface area contributed by atoms with Crippen molar-refractivity contribution >= 4 is 0 Å². The van der Waals surface area contributed by atoms with E-state index in [4.69, 9.17) is 5.73 Å². The Labute approximate surface area is 93.9 Å². The highest BCUT2D eigenvalue weighted by molar-refractivity contribution is 5.31. The van der Waals surface area contributed by atoms with Crippen molar-refractivity contribution in [1.82, 2.24) is 4.98 Å². The molecule has 1 unspecified atom stereocenters.